The van der Waals surface area contributed by atoms with Crippen molar-refractivity contribution in [3.63, 3.8) is 0 Å². The molecule has 0 saturated carbocycles. The largest absolute Gasteiger partial charge is 0.457 e. The van der Waals surface area contributed by atoms with Gasteiger partial charge in [0.25, 0.3) is 0 Å². The van der Waals surface area contributed by atoms with E-state index in [2.05, 4.69) is 20.6 Å². The average molecular weight is 528 g/mol. The Balaban J connectivity index is 1.47. The number of hydrogen-bond donors (Lipinski definition) is 2. The molecule has 2 N–H and O–H groups in total. The lowest BCUT2D eigenvalue weighted by Crippen LogP contribution is -2.33. The molecule has 36 heavy (non-hydrogen) atoms. The number of anilines is 2. The topological polar surface area (TPSA) is 115 Å². The molecule has 0 bridgehead atoms. The molecule has 0 aliphatic rings. The van der Waals surface area contributed by atoms with Crippen molar-refractivity contribution in [1.29, 1.82) is 0 Å². The first-order valence-electron chi connectivity index (χ1n) is 11.3. The molecule has 0 spiro atoms. The van der Waals surface area contributed by atoms with Gasteiger partial charge in [0.05, 0.1) is 5.52 Å². The van der Waals surface area contributed by atoms with E-state index >= 15 is 0 Å². The van der Waals surface area contributed by atoms with Gasteiger partial charge >= 0.3 is 0 Å². The molecule has 0 aliphatic heterocycles. The second-order valence-electron chi connectivity index (χ2n) is 8.16. The highest BCUT2D eigenvalue weighted by Gasteiger charge is 2.15. The summed E-state index contributed by atoms with van der Waals surface area (Å²) in [5.41, 5.74) is 3.25. The molecule has 2 heterocycles. The molecule has 9 nitrogen and oxygen atoms in total. The molecule has 0 fully saturated rings. The third-order valence-electron chi connectivity index (χ3n) is 5.48. The molecule has 0 atom stereocenters. The highest BCUT2D eigenvalue weighted by Crippen LogP contribution is 2.30. The standard InChI is InChI=1S/C25H26ClN5O4S/c1-3-36(33,34)15-23(32)27-10-12-31-11-9-21-24(31)25(29-16-28-21)30-19-7-8-22(17(2)13-19)35-20-6-4-5-18(26)14-20/h4-9,11,13-14,16H,3,10,12,15H2,1-2H3,(H,27,32)(H,28,29,30). The molecule has 1 amide bonds. The fourth-order valence-corrected chi connectivity index (χ4v) is 4.50. The number of hydrogen-bond acceptors (Lipinski definition) is 7. The fourth-order valence-electron chi connectivity index (χ4n) is 3.61. The minimum absolute atomic E-state index is 0.0673. The number of carbonyl (C=O) groups is 1. The predicted molar refractivity (Wildman–Crippen MR) is 141 cm³/mol. The van der Waals surface area contributed by atoms with E-state index in [1.165, 1.54) is 13.3 Å². The highest BCUT2D eigenvalue weighted by atomic mass is 35.5. The maximum Gasteiger partial charge on any atom is 0.235 e. The van der Waals surface area contributed by atoms with E-state index in [1.54, 1.807) is 12.1 Å². The van der Waals surface area contributed by atoms with Crippen LogP contribution >= 0.6 is 11.6 Å². The molecule has 11 heteroatoms. The molecule has 4 rings (SSSR count). The minimum atomic E-state index is -3.37. The Morgan fingerprint density at radius 1 is 1.14 bits per heavy atom. The summed E-state index contributed by atoms with van der Waals surface area (Å²) in [6, 6.07) is 14.8. The number of ether oxygens (including phenoxy) is 1. The van der Waals surface area contributed by atoms with E-state index in [1.807, 2.05) is 54.1 Å². The lowest BCUT2D eigenvalue weighted by atomic mass is 10.2. The van der Waals surface area contributed by atoms with Gasteiger partial charge in [-0.3, -0.25) is 4.79 Å². The summed E-state index contributed by atoms with van der Waals surface area (Å²) in [6.45, 7) is 4.16. The van der Waals surface area contributed by atoms with Gasteiger partial charge in [-0.2, -0.15) is 0 Å². The number of halogens is 1. The molecule has 0 saturated heterocycles. The Morgan fingerprint density at radius 3 is 2.72 bits per heavy atom. The summed E-state index contributed by atoms with van der Waals surface area (Å²) in [7, 11) is -3.37. The van der Waals surface area contributed by atoms with Gasteiger partial charge in [-0.05, 0) is 55.0 Å². The Labute approximate surface area is 214 Å². The first-order valence-corrected chi connectivity index (χ1v) is 13.5. The maximum absolute atomic E-state index is 12.0. The Bertz CT molecular complexity index is 1500. The lowest BCUT2D eigenvalue weighted by Gasteiger charge is -2.13. The van der Waals surface area contributed by atoms with Gasteiger partial charge in [0.15, 0.2) is 15.7 Å². The summed E-state index contributed by atoms with van der Waals surface area (Å²) in [4.78, 5) is 20.7. The van der Waals surface area contributed by atoms with Crippen LogP contribution < -0.4 is 15.4 Å². The summed E-state index contributed by atoms with van der Waals surface area (Å²) >= 11 is 6.05. The zero-order valence-corrected chi connectivity index (χ0v) is 21.4. The molecule has 2 aromatic heterocycles. The number of fused-ring (bicyclic) bond motifs is 1. The summed E-state index contributed by atoms with van der Waals surface area (Å²) in [6.07, 6.45) is 3.34. The van der Waals surface area contributed by atoms with E-state index in [0.717, 1.165) is 22.3 Å². The van der Waals surface area contributed by atoms with E-state index < -0.39 is 21.5 Å². The summed E-state index contributed by atoms with van der Waals surface area (Å²) < 4.78 is 31.2. The maximum atomic E-state index is 12.0. The van der Waals surface area contributed by atoms with E-state index in [-0.39, 0.29) is 12.3 Å². The van der Waals surface area contributed by atoms with Gasteiger partial charge in [0.1, 0.15) is 29.1 Å². The van der Waals surface area contributed by atoms with Crippen molar-refractivity contribution in [3.8, 4) is 11.5 Å². The minimum Gasteiger partial charge on any atom is -0.457 e. The zero-order valence-electron chi connectivity index (χ0n) is 19.9. The van der Waals surface area contributed by atoms with Crippen molar-refractivity contribution >= 4 is 49.9 Å². The highest BCUT2D eigenvalue weighted by molar-refractivity contribution is 7.92. The van der Waals surface area contributed by atoms with Crippen LogP contribution in [-0.2, 0) is 21.2 Å². The molecule has 188 valence electrons. The second kappa shape index (κ2) is 11.0. The van der Waals surface area contributed by atoms with E-state index in [9.17, 15) is 13.2 Å². The van der Waals surface area contributed by atoms with Crippen LogP contribution in [0.25, 0.3) is 11.0 Å². The molecular formula is C25H26ClN5O4S. The van der Waals surface area contributed by atoms with Gasteiger partial charge in [0.2, 0.25) is 5.91 Å². The third kappa shape index (κ3) is 6.32. The molecule has 2 aromatic carbocycles. The number of nitrogens with one attached hydrogen (secondary N) is 2. The van der Waals surface area contributed by atoms with Crippen LogP contribution in [0, 0.1) is 6.92 Å². The van der Waals surface area contributed by atoms with Crippen molar-refractivity contribution < 1.29 is 17.9 Å². The quantitative estimate of drug-likeness (QED) is 0.312. The molecule has 4 aromatic rings. The van der Waals surface area contributed by atoms with Crippen LogP contribution in [-0.4, -0.2) is 46.9 Å². The van der Waals surface area contributed by atoms with Crippen molar-refractivity contribution in [2.75, 3.05) is 23.4 Å². The van der Waals surface area contributed by atoms with Gasteiger partial charge in [-0.1, -0.05) is 24.6 Å². The van der Waals surface area contributed by atoms with Crippen LogP contribution in [0.2, 0.25) is 5.02 Å². The van der Waals surface area contributed by atoms with Crippen LogP contribution in [0.4, 0.5) is 11.5 Å². The van der Waals surface area contributed by atoms with Crippen molar-refractivity contribution in [2.24, 2.45) is 0 Å². The van der Waals surface area contributed by atoms with Crippen LogP contribution in [0.5, 0.6) is 11.5 Å². The number of amides is 1. The van der Waals surface area contributed by atoms with Gasteiger partial charge in [-0.25, -0.2) is 18.4 Å². The molecule has 0 unspecified atom stereocenters. The van der Waals surface area contributed by atoms with Gasteiger partial charge < -0.3 is 19.9 Å². The molecular weight excluding hydrogens is 502 g/mol. The van der Waals surface area contributed by atoms with Crippen LogP contribution in [0.3, 0.4) is 0 Å². The fraction of sp³-hybridized carbons (Fsp3) is 0.240. The van der Waals surface area contributed by atoms with Crippen molar-refractivity contribution in [1.82, 2.24) is 19.9 Å². The van der Waals surface area contributed by atoms with Crippen molar-refractivity contribution in [2.45, 2.75) is 20.4 Å². The second-order valence-corrected chi connectivity index (χ2v) is 10.9. The number of rotatable bonds is 10. The number of benzene rings is 2. The first-order chi connectivity index (χ1) is 17.2. The number of carbonyl (C=O) groups excluding carboxylic acids is 1. The molecule has 0 aliphatic carbocycles. The number of aromatic nitrogens is 3. The SMILES string of the molecule is CCS(=O)(=O)CC(=O)NCCn1ccc2ncnc(Nc3ccc(Oc4cccc(Cl)c4)c(C)c3)c21. The smallest absolute Gasteiger partial charge is 0.235 e. The number of sulfone groups is 1. The Morgan fingerprint density at radius 2 is 1.97 bits per heavy atom. The summed E-state index contributed by atoms with van der Waals surface area (Å²) in [5, 5.41) is 6.60. The van der Waals surface area contributed by atoms with Crippen LogP contribution in [0.15, 0.2) is 61.1 Å². The normalized spacial score (nSPS) is 11.4. The first kappa shape index (κ1) is 25.5. The predicted octanol–water partition coefficient (Wildman–Crippen LogP) is 4.48. The number of nitrogens with zero attached hydrogens (tertiary/aromatic N) is 3. The van der Waals surface area contributed by atoms with Gasteiger partial charge in [-0.15, -0.1) is 0 Å². The van der Waals surface area contributed by atoms with E-state index in [4.69, 9.17) is 16.3 Å². The monoisotopic (exact) mass is 527 g/mol. The van der Waals surface area contributed by atoms with Crippen LogP contribution in [0.1, 0.15) is 12.5 Å². The lowest BCUT2D eigenvalue weighted by molar-refractivity contribution is -0.118. The van der Waals surface area contributed by atoms with Gasteiger partial charge in [0, 0.05) is 35.7 Å². The number of aryl methyl sites for hydroxylation is 1. The Kier molecular flexibility index (Phi) is 7.76. The summed E-state index contributed by atoms with van der Waals surface area (Å²) in [5.74, 6) is 0.872. The van der Waals surface area contributed by atoms with Crippen molar-refractivity contribution in [3.05, 3.63) is 71.6 Å². The zero-order chi connectivity index (χ0) is 25.7. The Hall–Kier alpha value is -3.63. The molecule has 0 radical (unpaired) electrons. The average Bonchev–Trinajstić information content (AvgIpc) is 3.25. The van der Waals surface area contributed by atoms with E-state index in [0.29, 0.717) is 28.9 Å². The third-order valence-corrected chi connectivity index (χ3v) is 7.29.